The summed E-state index contributed by atoms with van der Waals surface area (Å²) in [5, 5.41) is 6.29. The predicted octanol–water partition coefficient (Wildman–Crippen LogP) is 1.82. The van der Waals surface area contributed by atoms with Gasteiger partial charge in [0.25, 0.3) is 5.78 Å². The van der Waals surface area contributed by atoms with Crippen molar-refractivity contribution in [1.29, 1.82) is 0 Å². The summed E-state index contributed by atoms with van der Waals surface area (Å²) in [6, 6.07) is 0. The minimum atomic E-state index is -4.42. The maximum Gasteiger partial charge on any atom is 0.405 e. The van der Waals surface area contributed by atoms with Crippen molar-refractivity contribution in [2.24, 2.45) is 0 Å². The van der Waals surface area contributed by atoms with E-state index in [0.29, 0.717) is 10.9 Å². The van der Waals surface area contributed by atoms with Gasteiger partial charge in [0.15, 0.2) is 0 Å². The van der Waals surface area contributed by atoms with E-state index in [1.165, 1.54) is 0 Å². The van der Waals surface area contributed by atoms with Crippen LogP contribution in [0.2, 0.25) is 0 Å². The number of fused-ring (bicyclic) bond motifs is 1. The van der Waals surface area contributed by atoms with Gasteiger partial charge in [-0.05, 0) is 26.3 Å². The summed E-state index contributed by atoms with van der Waals surface area (Å²) in [4.78, 5) is 19.8. The molecule has 0 aromatic carbocycles. The monoisotopic (exact) mass is 333 g/mol. The number of thioether (sulfide) groups is 1. The fourth-order valence-electron chi connectivity index (χ4n) is 1.68. The van der Waals surface area contributed by atoms with Gasteiger partial charge in [0.1, 0.15) is 6.54 Å². The third-order valence-corrected chi connectivity index (χ3v) is 3.90. The average Bonchev–Trinajstić information content (AvgIpc) is 2.82. The lowest BCUT2D eigenvalue weighted by Gasteiger charge is -2.07. The zero-order valence-electron chi connectivity index (χ0n) is 12.2. The molecule has 2 heterocycles. The number of amides is 1. The number of carbonyl (C=O) groups excluding carboxylic acids is 1. The molecule has 2 aromatic heterocycles. The van der Waals surface area contributed by atoms with Gasteiger partial charge in [0.2, 0.25) is 11.1 Å². The lowest BCUT2D eigenvalue weighted by atomic mass is 10.2. The van der Waals surface area contributed by atoms with Crippen molar-refractivity contribution in [2.75, 3.05) is 12.3 Å². The zero-order chi connectivity index (χ0) is 16.5. The minimum absolute atomic E-state index is 0.191. The minimum Gasteiger partial charge on any atom is -0.346 e. The van der Waals surface area contributed by atoms with Gasteiger partial charge < -0.3 is 5.32 Å². The smallest absolute Gasteiger partial charge is 0.346 e. The van der Waals surface area contributed by atoms with Crippen LogP contribution in [0.5, 0.6) is 0 Å². The van der Waals surface area contributed by atoms with Gasteiger partial charge in [-0.25, -0.2) is 9.50 Å². The molecule has 0 aliphatic carbocycles. The third-order valence-electron chi connectivity index (χ3n) is 3.06. The summed E-state index contributed by atoms with van der Waals surface area (Å²) >= 11 is 0.963. The summed E-state index contributed by atoms with van der Waals surface area (Å²) in [7, 11) is 0. The molecule has 10 heteroatoms. The number of nitrogens with one attached hydrogen (secondary N) is 1. The fourth-order valence-corrected chi connectivity index (χ4v) is 2.33. The Morgan fingerprint density at radius 2 is 1.95 bits per heavy atom. The van der Waals surface area contributed by atoms with Gasteiger partial charge in [-0.15, -0.1) is 5.10 Å². The normalized spacial score (nSPS) is 11.9. The van der Waals surface area contributed by atoms with Gasteiger partial charge in [-0.2, -0.15) is 18.2 Å². The van der Waals surface area contributed by atoms with Gasteiger partial charge in [-0.3, -0.25) is 4.79 Å². The van der Waals surface area contributed by atoms with Crippen molar-refractivity contribution in [1.82, 2.24) is 24.9 Å². The van der Waals surface area contributed by atoms with Gasteiger partial charge in [0.05, 0.1) is 5.75 Å². The maximum absolute atomic E-state index is 12.0. The third kappa shape index (κ3) is 3.87. The van der Waals surface area contributed by atoms with Crippen molar-refractivity contribution in [3.63, 3.8) is 0 Å². The first-order valence-corrected chi connectivity index (χ1v) is 7.33. The van der Waals surface area contributed by atoms with Crippen LogP contribution in [0.25, 0.3) is 5.78 Å². The average molecular weight is 333 g/mol. The van der Waals surface area contributed by atoms with Crippen molar-refractivity contribution in [3.05, 3.63) is 17.0 Å². The molecule has 0 aliphatic rings. The van der Waals surface area contributed by atoms with Crippen LogP contribution in [-0.2, 0) is 4.79 Å². The van der Waals surface area contributed by atoms with E-state index in [9.17, 15) is 18.0 Å². The van der Waals surface area contributed by atoms with E-state index in [1.807, 2.05) is 20.8 Å². The SMILES string of the molecule is Cc1nc2nc(SCC(=O)NCC(F)(F)F)nn2c(C)c1C. The molecule has 0 saturated carbocycles. The number of alkyl halides is 3. The van der Waals surface area contributed by atoms with E-state index in [1.54, 1.807) is 9.83 Å². The van der Waals surface area contributed by atoms with Crippen LogP contribution >= 0.6 is 11.8 Å². The highest BCUT2D eigenvalue weighted by atomic mass is 32.2. The Balaban J connectivity index is 2.04. The van der Waals surface area contributed by atoms with E-state index in [-0.39, 0.29) is 5.75 Å². The molecular formula is C12H14F3N5OS. The molecule has 2 rings (SSSR count). The molecular weight excluding hydrogens is 319 g/mol. The number of aromatic nitrogens is 4. The molecule has 1 N–H and O–H groups in total. The van der Waals surface area contributed by atoms with E-state index in [2.05, 4.69) is 15.1 Å². The molecule has 0 atom stereocenters. The van der Waals surface area contributed by atoms with E-state index < -0.39 is 18.6 Å². The van der Waals surface area contributed by atoms with Crippen LogP contribution in [-0.4, -0.2) is 44.0 Å². The Morgan fingerprint density at radius 1 is 1.27 bits per heavy atom. The molecule has 0 saturated heterocycles. The number of carbonyl (C=O) groups is 1. The fraction of sp³-hybridized carbons (Fsp3) is 0.500. The van der Waals surface area contributed by atoms with E-state index >= 15 is 0 Å². The van der Waals surface area contributed by atoms with E-state index in [0.717, 1.165) is 28.7 Å². The van der Waals surface area contributed by atoms with E-state index in [4.69, 9.17) is 0 Å². The first-order valence-electron chi connectivity index (χ1n) is 6.34. The molecule has 0 radical (unpaired) electrons. The summed E-state index contributed by atoms with van der Waals surface area (Å²) in [6.07, 6.45) is -4.42. The summed E-state index contributed by atoms with van der Waals surface area (Å²) in [5.41, 5.74) is 2.69. The highest BCUT2D eigenvalue weighted by Crippen LogP contribution is 2.17. The van der Waals surface area contributed by atoms with Gasteiger partial charge >= 0.3 is 6.18 Å². The topological polar surface area (TPSA) is 72.2 Å². The molecule has 1 amide bonds. The quantitative estimate of drug-likeness (QED) is 0.864. The summed E-state index contributed by atoms with van der Waals surface area (Å²) in [5.74, 6) is -0.513. The van der Waals surface area contributed by atoms with Gasteiger partial charge in [-0.1, -0.05) is 11.8 Å². The highest BCUT2D eigenvalue weighted by molar-refractivity contribution is 7.99. The second kappa shape index (κ2) is 6.11. The Morgan fingerprint density at radius 3 is 2.59 bits per heavy atom. The number of hydrogen-bond donors (Lipinski definition) is 1. The molecule has 120 valence electrons. The Labute approximate surface area is 128 Å². The first kappa shape index (κ1) is 16.5. The molecule has 2 aromatic rings. The number of nitrogens with zero attached hydrogens (tertiary/aromatic N) is 4. The lowest BCUT2D eigenvalue weighted by molar-refractivity contribution is -0.136. The second-order valence-corrected chi connectivity index (χ2v) is 5.64. The molecule has 0 bridgehead atoms. The molecule has 0 spiro atoms. The highest BCUT2D eigenvalue weighted by Gasteiger charge is 2.27. The van der Waals surface area contributed by atoms with Crippen molar-refractivity contribution in [3.8, 4) is 0 Å². The van der Waals surface area contributed by atoms with Crippen LogP contribution < -0.4 is 5.32 Å². The number of aryl methyl sites for hydroxylation is 2. The Kier molecular flexibility index (Phi) is 4.59. The lowest BCUT2D eigenvalue weighted by Crippen LogP contribution is -2.34. The first-order chi connectivity index (χ1) is 10.2. The van der Waals surface area contributed by atoms with Crippen LogP contribution in [0.15, 0.2) is 5.16 Å². The van der Waals surface area contributed by atoms with Crippen molar-refractivity contribution in [2.45, 2.75) is 32.1 Å². The number of halogens is 3. The number of rotatable bonds is 4. The molecule has 0 unspecified atom stereocenters. The van der Waals surface area contributed by atoms with Crippen LogP contribution in [0.4, 0.5) is 13.2 Å². The Hall–Kier alpha value is -1.84. The van der Waals surface area contributed by atoms with Crippen molar-refractivity contribution >= 4 is 23.4 Å². The Bertz CT molecular complexity index is 713. The molecule has 0 aliphatic heterocycles. The molecule has 0 fully saturated rings. The van der Waals surface area contributed by atoms with Gasteiger partial charge in [0, 0.05) is 11.4 Å². The molecule has 22 heavy (non-hydrogen) atoms. The summed E-state index contributed by atoms with van der Waals surface area (Å²) in [6.45, 7) is 4.30. The number of hydrogen-bond acceptors (Lipinski definition) is 5. The van der Waals surface area contributed by atoms with Crippen LogP contribution in [0.1, 0.15) is 17.0 Å². The second-order valence-electron chi connectivity index (χ2n) is 4.69. The predicted molar refractivity (Wildman–Crippen MR) is 74.8 cm³/mol. The van der Waals surface area contributed by atoms with Crippen LogP contribution in [0, 0.1) is 20.8 Å². The summed E-state index contributed by atoms with van der Waals surface area (Å²) < 4.78 is 37.5. The zero-order valence-corrected chi connectivity index (χ0v) is 13.0. The largest absolute Gasteiger partial charge is 0.405 e. The standard InChI is InChI=1S/C12H14F3N5OS/c1-6-7(2)17-10-18-11(19-20(10)8(6)3)22-4-9(21)16-5-12(13,14)15/h4-5H2,1-3H3,(H,16,21). The molecule has 6 nitrogen and oxygen atoms in total. The van der Waals surface area contributed by atoms with Crippen LogP contribution in [0.3, 0.4) is 0 Å². The maximum atomic E-state index is 12.0. The van der Waals surface area contributed by atoms with Crippen molar-refractivity contribution < 1.29 is 18.0 Å².